The van der Waals surface area contributed by atoms with Crippen LogP contribution in [0.2, 0.25) is 0 Å². The first-order chi connectivity index (χ1) is 6.07. The summed E-state index contributed by atoms with van der Waals surface area (Å²) in [7, 11) is 1.51. The number of urea groups is 1. The third-order valence-electron chi connectivity index (χ3n) is 1.31. The van der Waals surface area contributed by atoms with Crippen molar-refractivity contribution in [2.24, 2.45) is 0 Å². The number of amides is 2. The van der Waals surface area contributed by atoms with Gasteiger partial charge in [-0.3, -0.25) is 4.79 Å². The molecule has 0 aliphatic rings. The fourth-order valence-electron chi connectivity index (χ4n) is 0.576. The zero-order valence-electron chi connectivity index (χ0n) is 7.66. The Bertz CT molecular complexity index is 183. The molecule has 0 aliphatic heterocycles. The van der Waals surface area contributed by atoms with E-state index in [1.54, 1.807) is 0 Å². The fourth-order valence-corrected chi connectivity index (χ4v) is 0.576. The lowest BCUT2D eigenvalue weighted by molar-refractivity contribution is -0.138. The maximum atomic E-state index is 10.9. The van der Waals surface area contributed by atoms with Gasteiger partial charge in [0, 0.05) is 13.7 Å². The second-order valence-electron chi connectivity index (χ2n) is 2.45. The number of carbonyl (C=O) groups excluding carboxylic acids is 1. The molecular weight excluding hydrogens is 176 g/mol. The number of rotatable bonds is 5. The Hall–Kier alpha value is -1.30. The summed E-state index contributed by atoms with van der Waals surface area (Å²) in [5.41, 5.74) is 0. The minimum absolute atomic E-state index is 0.356. The molecule has 0 spiro atoms. The quantitative estimate of drug-likeness (QED) is 0.505. The SMILES string of the molecule is COCCNC(=O)N[C@H](C)C(=O)O. The molecule has 0 heterocycles. The van der Waals surface area contributed by atoms with E-state index in [0.29, 0.717) is 13.2 Å². The van der Waals surface area contributed by atoms with Gasteiger partial charge in [0.25, 0.3) is 0 Å². The lowest BCUT2D eigenvalue weighted by Gasteiger charge is -2.09. The molecule has 13 heavy (non-hydrogen) atoms. The molecule has 0 radical (unpaired) electrons. The topological polar surface area (TPSA) is 87.7 Å². The number of carboxylic acid groups (broad SMARTS) is 1. The number of hydrogen-bond acceptors (Lipinski definition) is 3. The van der Waals surface area contributed by atoms with Crippen LogP contribution in [0.15, 0.2) is 0 Å². The van der Waals surface area contributed by atoms with Crippen molar-refractivity contribution in [2.75, 3.05) is 20.3 Å². The van der Waals surface area contributed by atoms with Crippen LogP contribution in [-0.4, -0.2) is 43.4 Å². The standard InChI is InChI=1S/C7H14N2O4/c1-5(6(10)11)9-7(12)8-3-4-13-2/h5H,3-4H2,1-2H3,(H,10,11)(H2,8,9,12)/t5-/m1/s1. The highest BCUT2D eigenvalue weighted by Gasteiger charge is 2.12. The molecule has 0 aromatic rings. The second-order valence-corrected chi connectivity index (χ2v) is 2.45. The van der Waals surface area contributed by atoms with Gasteiger partial charge in [0.15, 0.2) is 0 Å². The molecular formula is C7H14N2O4. The van der Waals surface area contributed by atoms with E-state index in [2.05, 4.69) is 15.4 Å². The summed E-state index contributed by atoms with van der Waals surface area (Å²) in [6, 6.07) is -1.39. The van der Waals surface area contributed by atoms with Crippen LogP contribution in [0.25, 0.3) is 0 Å². The van der Waals surface area contributed by atoms with Crippen LogP contribution in [0, 0.1) is 0 Å². The number of ether oxygens (including phenoxy) is 1. The van der Waals surface area contributed by atoms with E-state index in [1.165, 1.54) is 14.0 Å². The van der Waals surface area contributed by atoms with E-state index in [1.807, 2.05) is 0 Å². The minimum atomic E-state index is -1.07. The molecule has 6 heteroatoms. The first kappa shape index (κ1) is 11.7. The average molecular weight is 190 g/mol. The Morgan fingerprint density at radius 1 is 1.54 bits per heavy atom. The van der Waals surface area contributed by atoms with Crippen molar-refractivity contribution >= 4 is 12.0 Å². The van der Waals surface area contributed by atoms with Gasteiger partial charge in [0.05, 0.1) is 6.61 Å². The second kappa shape index (κ2) is 6.24. The van der Waals surface area contributed by atoms with Gasteiger partial charge in [-0.1, -0.05) is 0 Å². The lowest BCUT2D eigenvalue weighted by Crippen LogP contribution is -2.45. The summed E-state index contributed by atoms with van der Waals surface area (Å²) in [4.78, 5) is 21.2. The largest absolute Gasteiger partial charge is 0.480 e. The van der Waals surface area contributed by atoms with Crippen LogP contribution in [0.4, 0.5) is 4.79 Å². The van der Waals surface area contributed by atoms with Crippen LogP contribution in [-0.2, 0) is 9.53 Å². The van der Waals surface area contributed by atoms with Crippen molar-refractivity contribution in [3.8, 4) is 0 Å². The van der Waals surface area contributed by atoms with Crippen molar-refractivity contribution in [1.29, 1.82) is 0 Å². The Morgan fingerprint density at radius 3 is 2.62 bits per heavy atom. The normalized spacial score (nSPS) is 11.8. The molecule has 0 saturated carbocycles. The summed E-state index contributed by atoms with van der Waals surface area (Å²) < 4.78 is 4.69. The number of carboxylic acids is 1. The van der Waals surface area contributed by atoms with Gasteiger partial charge in [0.2, 0.25) is 0 Å². The van der Waals surface area contributed by atoms with Crippen molar-refractivity contribution in [1.82, 2.24) is 10.6 Å². The number of methoxy groups -OCH3 is 1. The van der Waals surface area contributed by atoms with Crippen molar-refractivity contribution in [3.05, 3.63) is 0 Å². The van der Waals surface area contributed by atoms with Crippen molar-refractivity contribution in [2.45, 2.75) is 13.0 Å². The highest BCUT2D eigenvalue weighted by molar-refractivity contribution is 5.82. The molecule has 0 unspecified atom stereocenters. The number of nitrogens with one attached hydrogen (secondary N) is 2. The number of hydrogen-bond donors (Lipinski definition) is 3. The molecule has 0 aromatic heterocycles. The summed E-state index contributed by atoms with van der Waals surface area (Å²) >= 11 is 0. The van der Waals surface area contributed by atoms with Crippen LogP contribution < -0.4 is 10.6 Å². The maximum Gasteiger partial charge on any atom is 0.325 e. The van der Waals surface area contributed by atoms with Gasteiger partial charge in [-0.15, -0.1) is 0 Å². The molecule has 2 amide bonds. The third kappa shape index (κ3) is 5.92. The highest BCUT2D eigenvalue weighted by Crippen LogP contribution is 1.80. The molecule has 0 bridgehead atoms. The van der Waals surface area contributed by atoms with Crippen LogP contribution in [0.1, 0.15) is 6.92 Å². The fraction of sp³-hybridized carbons (Fsp3) is 0.714. The van der Waals surface area contributed by atoms with E-state index < -0.39 is 18.0 Å². The summed E-state index contributed by atoms with van der Waals surface area (Å²) in [5.74, 6) is -1.07. The summed E-state index contributed by atoms with van der Waals surface area (Å²) in [6.45, 7) is 2.14. The molecule has 1 atom stereocenters. The molecule has 6 nitrogen and oxygen atoms in total. The van der Waals surface area contributed by atoms with E-state index in [0.717, 1.165) is 0 Å². The van der Waals surface area contributed by atoms with Gasteiger partial charge in [-0.2, -0.15) is 0 Å². The van der Waals surface area contributed by atoms with Crippen molar-refractivity contribution < 1.29 is 19.4 Å². The average Bonchev–Trinajstić information content (AvgIpc) is 2.04. The summed E-state index contributed by atoms with van der Waals surface area (Å²) in [6.07, 6.45) is 0. The predicted octanol–water partition coefficient (Wildman–Crippen LogP) is -0.595. The maximum absolute atomic E-state index is 10.9. The third-order valence-corrected chi connectivity index (χ3v) is 1.31. The first-order valence-electron chi connectivity index (χ1n) is 3.84. The predicted molar refractivity (Wildman–Crippen MR) is 45.5 cm³/mol. The molecule has 3 N–H and O–H groups in total. The van der Waals surface area contributed by atoms with E-state index in [9.17, 15) is 9.59 Å². The molecule has 0 saturated heterocycles. The smallest absolute Gasteiger partial charge is 0.325 e. The Kier molecular flexibility index (Phi) is 5.62. The Morgan fingerprint density at radius 2 is 2.15 bits per heavy atom. The number of aliphatic carboxylic acids is 1. The van der Waals surface area contributed by atoms with E-state index in [4.69, 9.17) is 5.11 Å². The molecule has 76 valence electrons. The van der Waals surface area contributed by atoms with Crippen LogP contribution >= 0.6 is 0 Å². The molecule has 0 rings (SSSR count). The first-order valence-corrected chi connectivity index (χ1v) is 3.84. The highest BCUT2D eigenvalue weighted by atomic mass is 16.5. The molecule has 0 aliphatic carbocycles. The summed E-state index contributed by atoms with van der Waals surface area (Å²) in [5, 5.41) is 13.1. The van der Waals surface area contributed by atoms with E-state index in [-0.39, 0.29) is 0 Å². The zero-order chi connectivity index (χ0) is 10.3. The minimum Gasteiger partial charge on any atom is -0.480 e. The van der Waals surface area contributed by atoms with Crippen LogP contribution in [0.3, 0.4) is 0 Å². The zero-order valence-corrected chi connectivity index (χ0v) is 7.66. The monoisotopic (exact) mass is 190 g/mol. The van der Waals surface area contributed by atoms with E-state index >= 15 is 0 Å². The molecule has 0 aromatic carbocycles. The number of carbonyl (C=O) groups is 2. The Balaban J connectivity index is 3.56. The van der Waals surface area contributed by atoms with Gasteiger partial charge in [-0.25, -0.2) is 4.79 Å². The Labute approximate surface area is 76.3 Å². The lowest BCUT2D eigenvalue weighted by atomic mass is 10.3. The van der Waals surface area contributed by atoms with Gasteiger partial charge in [-0.05, 0) is 6.92 Å². The van der Waals surface area contributed by atoms with Crippen LogP contribution in [0.5, 0.6) is 0 Å². The van der Waals surface area contributed by atoms with Gasteiger partial charge < -0.3 is 20.5 Å². The van der Waals surface area contributed by atoms with Crippen molar-refractivity contribution in [3.63, 3.8) is 0 Å². The van der Waals surface area contributed by atoms with Gasteiger partial charge >= 0.3 is 12.0 Å². The molecule has 0 fully saturated rings. The van der Waals surface area contributed by atoms with Gasteiger partial charge in [0.1, 0.15) is 6.04 Å².